The van der Waals surface area contributed by atoms with Crippen molar-refractivity contribution in [3.8, 4) is 0 Å². The lowest BCUT2D eigenvalue weighted by atomic mass is 10.1. The van der Waals surface area contributed by atoms with E-state index in [-0.39, 0.29) is 10.9 Å². The van der Waals surface area contributed by atoms with Gasteiger partial charge in [-0.25, -0.2) is 0 Å². The minimum Gasteiger partial charge on any atom is -0.393 e. The van der Waals surface area contributed by atoms with Crippen molar-refractivity contribution in [1.29, 1.82) is 0 Å². The van der Waals surface area contributed by atoms with Crippen molar-refractivity contribution in [1.82, 2.24) is 9.78 Å². The van der Waals surface area contributed by atoms with Gasteiger partial charge in [0, 0.05) is 13.2 Å². The van der Waals surface area contributed by atoms with Crippen molar-refractivity contribution >= 4 is 28.8 Å². The van der Waals surface area contributed by atoms with Crippen LogP contribution in [-0.4, -0.2) is 20.7 Å². The van der Waals surface area contributed by atoms with Crippen molar-refractivity contribution in [2.45, 2.75) is 20.3 Å². The minimum atomic E-state index is -0.472. The van der Waals surface area contributed by atoms with E-state index in [0.717, 1.165) is 17.8 Å². The van der Waals surface area contributed by atoms with Gasteiger partial charge in [-0.05, 0) is 13.3 Å². The fraction of sp³-hybridized carbons (Fsp3) is 0.500. The Morgan fingerprint density at radius 2 is 2.38 bits per heavy atom. The quantitative estimate of drug-likeness (QED) is 0.765. The predicted molar refractivity (Wildman–Crippen MR) is 67.2 cm³/mol. The lowest BCUT2D eigenvalue weighted by Crippen LogP contribution is -2.30. The second kappa shape index (κ2) is 5.07. The van der Waals surface area contributed by atoms with Crippen LogP contribution in [0.1, 0.15) is 19.5 Å². The molecule has 0 aliphatic heterocycles. The molecule has 0 fully saturated rings. The Labute approximate surface area is 100 Å². The number of nitrogens with zero attached hydrogens (tertiary/aromatic N) is 2. The van der Waals surface area contributed by atoms with Crippen LogP contribution in [0.3, 0.4) is 0 Å². The molecule has 6 heteroatoms. The molecule has 0 saturated heterocycles. The molecular weight excluding hydrogens is 224 g/mol. The highest BCUT2D eigenvalue weighted by Gasteiger charge is 2.17. The number of nitrogens with two attached hydrogens (primary N) is 1. The van der Waals surface area contributed by atoms with E-state index in [1.807, 2.05) is 14.0 Å². The van der Waals surface area contributed by atoms with E-state index in [1.165, 1.54) is 0 Å². The van der Waals surface area contributed by atoms with Gasteiger partial charge in [0.15, 0.2) is 0 Å². The van der Waals surface area contributed by atoms with Crippen LogP contribution in [0.15, 0.2) is 6.20 Å². The standard InChI is InChI=1S/C10H16N4OS/c1-4-7-8(5-14(3)13-7)12-10(15)6(2)9(11)16/h5-6H,4H2,1-3H3,(H2,11,16)(H,12,15). The number of carbonyl (C=O) groups excluding carboxylic acids is 1. The first-order valence-electron chi connectivity index (χ1n) is 5.08. The maximum Gasteiger partial charge on any atom is 0.234 e. The molecule has 0 aromatic carbocycles. The average Bonchev–Trinajstić information content (AvgIpc) is 2.57. The fourth-order valence-electron chi connectivity index (χ4n) is 1.27. The van der Waals surface area contributed by atoms with Gasteiger partial charge in [0.1, 0.15) is 0 Å². The summed E-state index contributed by atoms with van der Waals surface area (Å²) in [6.45, 7) is 3.66. The van der Waals surface area contributed by atoms with E-state index in [2.05, 4.69) is 10.4 Å². The molecule has 0 aliphatic carbocycles. The largest absolute Gasteiger partial charge is 0.393 e. The number of anilines is 1. The number of rotatable bonds is 4. The van der Waals surface area contributed by atoms with Gasteiger partial charge >= 0.3 is 0 Å². The van der Waals surface area contributed by atoms with Crippen molar-refractivity contribution in [3.63, 3.8) is 0 Å². The monoisotopic (exact) mass is 240 g/mol. The second-order valence-electron chi connectivity index (χ2n) is 3.63. The van der Waals surface area contributed by atoms with Crippen LogP contribution in [0, 0.1) is 5.92 Å². The summed E-state index contributed by atoms with van der Waals surface area (Å²) < 4.78 is 1.67. The number of aryl methyl sites for hydroxylation is 2. The van der Waals surface area contributed by atoms with Gasteiger partial charge in [0.25, 0.3) is 0 Å². The van der Waals surface area contributed by atoms with Crippen LogP contribution >= 0.6 is 12.2 Å². The summed E-state index contributed by atoms with van der Waals surface area (Å²) >= 11 is 4.77. The number of hydrogen-bond acceptors (Lipinski definition) is 3. The highest BCUT2D eigenvalue weighted by Crippen LogP contribution is 2.14. The Kier molecular flexibility index (Phi) is 4.00. The zero-order chi connectivity index (χ0) is 12.3. The molecule has 16 heavy (non-hydrogen) atoms. The molecule has 1 amide bonds. The fourth-order valence-corrected chi connectivity index (χ4v) is 1.38. The molecule has 1 atom stereocenters. The summed E-state index contributed by atoms with van der Waals surface area (Å²) in [4.78, 5) is 11.9. The Morgan fingerprint density at radius 1 is 1.75 bits per heavy atom. The number of nitrogens with one attached hydrogen (secondary N) is 1. The summed E-state index contributed by atoms with van der Waals surface area (Å²) in [6, 6.07) is 0. The topological polar surface area (TPSA) is 72.9 Å². The van der Waals surface area contributed by atoms with Crippen LogP contribution in [-0.2, 0) is 18.3 Å². The molecule has 0 spiro atoms. The van der Waals surface area contributed by atoms with Gasteiger partial charge in [-0.3, -0.25) is 9.48 Å². The molecule has 5 nitrogen and oxygen atoms in total. The third-order valence-corrected chi connectivity index (χ3v) is 2.67. The van der Waals surface area contributed by atoms with E-state index < -0.39 is 5.92 Å². The van der Waals surface area contributed by atoms with Crippen molar-refractivity contribution < 1.29 is 4.79 Å². The first kappa shape index (κ1) is 12.6. The molecule has 1 aromatic rings. The minimum absolute atomic E-state index is 0.194. The van der Waals surface area contributed by atoms with Crippen molar-refractivity contribution in [2.24, 2.45) is 18.7 Å². The van der Waals surface area contributed by atoms with E-state index in [9.17, 15) is 4.79 Å². The Balaban J connectivity index is 2.80. The van der Waals surface area contributed by atoms with E-state index in [0.29, 0.717) is 0 Å². The summed E-state index contributed by atoms with van der Waals surface area (Å²) in [7, 11) is 1.81. The van der Waals surface area contributed by atoms with Gasteiger partial charge in [0.2, 0.25) is 5.91 Å². The zero-order valence-electron chi connectivity index (χ0n) is 9.65. The van der Waals surface area contributed by atoms with Gasteiger partial charge in [0.05, 0.1) is 22.3 Å². The summed E-state index contributed by atoms with van der Waals surface area (Å²) in [5, 5.41) is 7.00. The van der Waals surface area contributed by atoms with Crippen LogP contribution in [0.25, 0.3) is 0 Å². The van der Waals surface area contributed by atoms with Crippen molar-refractivity contribution in [3.05, 3.63) is 11.9 Å². The SMILES string of the molecule is CCc1nn(C)cc1NC(=O)C(C)C(N)=S. The lowest BCUT2D eigenvalue weighted by Gasteiger charge is -2.09. The van der Waals surface area contributed by atoms with Crippen LogP contribution in [0.4, 0.5) is 5.69 Å². The molecular formula is C10H16N4OS. The normalized spacial score (nSPS) is 12.2. The summed E-state index contributed by atoms with van der Waals surface area (Å²) in [5.41, 5.74) is 6.99. The first-order valence-corrected chi connectivity index (χ1v) is 5.49. The lowest BCUT2D eigenvalue weighted by molar-refractivity contribution is -0.117. The van der Waals surface area contributed by atoms with Gasteiger partial charge in [-0.2, -0.15) is 5.10 Å². The Bertz CT molecular complexity index is 413. The predicted octanol–water partition coefficient (Wildman–Crippen LogP) is 0.843. The van der Waals surface area contributed by atoms with Crippen LogP contribution in [0.5, 0.6) is 0 Å². The average molecular weight is 240 g/mol. The summed E-state index contributed by atoms with van der Waals surface area (Å²) in [6.07, 6.45) is 2.53. The maximum atomic E-state index is 11.7. The third-order valence-electron chi connectivity index (χ3n) is 2.32. The number of amides is 1. The molecule has 3 N–H and O–H groups in total. The van der Waals surface area contributed by atoms with Crippen LogP contribution in [0.2, 0.25) is 0 Å². The Hall–Kier alpha value is -1.43. The maximum absolute atomic E-state index is 11.7. The van der Waals surface area contributed by atoms with Crippen LogP contribution < -0.4 is 11.1 Å². The van der Waals surface area contributed by atoms with E-state index in [1.54, 1.807) is 17.8 Å². The number of thiocarbonyl (C=S) groups is 1. The molecule has 0 saturated carbocycles. The third kappa shape index (κ3) is 2.79. The number of carbonyl (C=O) groups is 1. The second-order valence-corrected chi connectivity index (χ2v) is 4.10. The first-order chi connectivity index (χ1) is 7.45. The molecule has 0 aliphatic rings. The Morgan fingerprint density at radius 3 is 2.88 bits per heavy atom. The smallest absolute Gasteiger partial charge is 0.234 e. The molecule has 0 radical (unpaired) electrons. The molecule has 1 unspecified atom stereocenters. The molecule has 1 heterocycles. The van der Waals surface area contributed by atoms with E-state index >= 15 is 0 Å². The number of hydrogen-bond donors (Lipinski definition) is 2. The van der Waals surface area contributed by atoms with Crippen molar-refractivity contribution in [2.75, 3.05) is 5.32 Å². The molecule has 0 bridgehead atoms. The van der Waals surface area contributed by atoms with Gasteiger partial charge in [-0.15, -0.1) is 0 Å². The molecule has 1 aromatic heterocycles. The van der Waals surface area contributed by atoms with Gasteiger partial charge < -0.3 is 11.1 Å². The zero-order valence-corrected chi connectivity index (χ0v) is 10.5. The highest BCUT2D eigenvalue weighted by atomic mass is 32.1. The molecule has 88 valence electrons. The van der Waals surface area contributed by atoms with E-state index in [4.69, 9.17) is 18.0 Å². The molecule has 1 rings (SSSR count). The number of aromatic nitrogens is 2. The highest BCUT2D eigenvalue weighted by molar-refractivity contribution is 7.80. The van der Waals surface area contributed by atoms with Gasteiger partial charge in [-0.1, -0.05) is 19.1 Å². The summed E-state index contributed by atoms with van der Waals surface area (Å²) in [5.74, 6) is -0.671.